The number of rotatable bonds is 5. The normalized spacial score (nSPS) is 14.2. The molecule has 1 amide bonds. The molecule has 0 fully saturated rings. The van der Waals surface area contributed by atoms with Crippen LogP contribution in [0.15, 0.2) is 34.2 Å². The van der Waals surface area contributed by atoms with E-state index >= 15 is 0 Å². The van der Waals surface area contributed by atoms with Crippen LogP contribution in [0.4, 0.5) is 5.69 Å². The number of carbonyl (C=O) groups is 2. The third-order valence-electron chi connectivity index (χ3n) is 3.69. The smallest absolute Gasteiger partial charge is 0.262 e. The van der Waals surface area contributed by atoms with Crippen LogP contribution in [-0.4, -0.2) is 33.5 Å². The van der Waals surface area contributed by atoms with Crippen molar-refractivity contribution in [2.24, 2.45) is 0 Å². The van der Waals surface area contributed by atoms with Crippen molar-refractivity contribution in [3.05, 3.63) is 45.9 Å². The second-order valence-corrected chi connectivity index (χ2v) is 6.90. The van der Waals surface area contributed by atoms with Crippen LogP contribution in [0.1, 0.15) is 29.9 Å². The number of amides is 1. The summed E-state index contributed by atoms with van der Waals surface area (Å²) in [6, 6.07) is 6.37. The van der Waals surface area contributed by atoms with Gasteiger partial charge in [-0.2, -0.15) is 0 Å². The van der Waals surface area contributed by atoms with Gasteiger partial charge in [0.25, 0.3) is 11.5 Å². The highest BCUT2D eigenvalue weighted by Crippen LogP contribution is 2.30. The van der Waals surface area contributed by atoms with Gasteiger partial charge in [-0.05, 0) is 31.5 Å². The summed E-state index contributed by atoms with van der Waals surface area (Å²) in [6.07, 6.45) is 0.643. The predicted octanol–water partition coefficient (Wildman–Crippen LogP) is 2.03. The lowest BCUT2D eigenvalue weighted by Gasteiger charge is -2.19. The molecule has 0 radical (unpaired) electrons. The first kappa shape index (κ1) is 17.2. The van der Waals surface area contributed by atoms with Crippen LogP contribution < -0.4 is 15.6 Å². The summed E-state index contributed by atoms with van der Waals surface area (Å²) in [5.74, 6) is 0.160. The van der Waals surface area contributed by atoms with Crippen molar-refractivity contribution in [2.45, 2.75) is 30.7 Å². The molecule has 1 unspecified atom stereocenters. The summed E-state index contributed by atoms with van der Waals surface area (Å²) >= 11 is 1.19. The second-order valence-electron chi connectivity index (χ2n) is 5.57. The minimum atomic E-state index is -0.450. The second kappa shape index (κ2) is 7.10. The highest BCUT2D eigenvalue weighted by molar-refractivity contribution is 8.00. The topological polar surface area (TPSA) is 101 Å². The van der Waals surface area contributed by atoms with Gasteiger partial charge < -0.3 is 15.0 Å². The Kier molecular flexibility index (Phi) is 4.89. The van der Waals surface area contributed by atoms with Gasteiger partial charge in [0.1, 0.15) is 5.75 Å². The van der Waals surface area contributed by atoms with Crippen LogP contribution in [0.25, 0.3) is 0 Å². The van der Waals surface area contributed by atoms with Crippen LogP contribution in [0.3, 0.4) is 0 Å². The van der Waals surface area contributed by atoms with Gasteiger partial charge in [-0.15, -0.1) is 0 Å². The number of Topliss-reactive ketones (excluding diaryl/α,β-unsaturated/α-hetero) is 1. The zero-order chi connectivity index (χ0) is 18.0. The van der Waals surface area contributed by atoms with Gasteiger partial charge in [0, 0.05) is 17.3 Å². The first-order valence-corrected chi connectivity index (χ1v) is 8.72. The molecule has 2 aromatic rings. The van der Waals surface area contributed by atoms with Gasteiger partial charge >= 0.3 is 0 Å². The third-order valence-corrected chi connectivity index (χ3v) is 4.67. The number of aromatic amines is 1. The number of benzene rings is 1. The molecule has 0 saturated carbocycles. The average Bonchev–Trinajstić information content (AvgIpc) is 2.59. The molecule has 25 heavy (non-hydrogen) atoms. The lowest BCUT2D eigenvalue weighted by Crippen LogP contribution is -2.26. The molecule has 7 nitrogen and oxygen atoms in total. The van der Waals surface area contributed by atoms with Crippen molar-refractivity contribution in [2.75, 3.05) is 11.9 Å². The molecule has 0 saturated heterocycles. The number of nitrogens with zero attached hydrogens (tertiary/aromatic N) is 1. The van der Waals surface area contributed by atoms with E-state index in [0.717, 1.165) is 0 Å². The van der Waals surface area contributed by atoms with Crippen molar-refractivity contribution >= 4 is 29.1 Å². The molecule has 1 aliphatic rings. The number of ketones is 1. The zero-order valence-electron chi connectivity index (χ0n) is 13.8. The summed E-state index contributed by atoms with van der Waals surface area (Å²) in [7, 11) is 0. The first-order valence-electron chi connectivity index (χ1n) is 7.84. The van der Waals surface area contributed by atoms with E-state index in [4.69, 9.17) is 4.74 Å². The third kappa shape index (κ3) is 3.90. The Labute approximate surface area is 148 Å². The minimum absolute atomic E-state index is 0.0284. The van der Waals surface area contributed by atoms with Crippen molar-refractivity contribution < 1.29 is 14.3 Å². The van der Waals surface area contributed by atoms with Gasteiger partial charge in [-0.3, -0.25) is 14.4 Å². The number of thioether (sulfide) groups is 1. The van der Waals surface area contributed by atoms with Crippen LogP contribution in [0.5, 0.6) is 5.75 Å². The molecule has 1 aromatic heterocycles. The van der Waals surface area contributed by atoms with Gasteiger partial charge in [0.2, 0.25) is 0 Å². The van der Waals surface area contributed by atoms with Crippen LogP contribution >= 0.6 is 11.8 Å². The quantitative estimate of drug-likeness (QED) is 0.481. The SMILES string of the molecule is CCc1cc(=O)[nH]c(SC(C)C(=O)c2ccc3c(c2)NC(=O)CO3)n1. The highest BCUT2D eigenvalue weighted by Gasteiger charge is 2.22. The summed E-state index contributed by atoms with van der Waals surface area (Å²) in [5.41, 5.74) is 1.39. The van der Waals surface area contributed by atoms with Gasteiger partial charge in [0.15, 0.2) is 17.5 Å². The summed E-state index contributed by atoms with van der Waals surface area (Å²) in [6.45, 7) is 3.63. The molecule has 1 aromatic carbocycles. The molecule has 2 heterocycles. The minimum Gasteiger partial charge on any atom is -0.482 e. The number of ether oxygens (including phenoxy) is 1. The zero-order valence-corrected chi connectivity index (χ0v) is 14.6. The molecule has 1 aliphatic heterocycles. The fraction of sp³-hybridized carbons (Fsp3) is 0.294. The summed E-state index contributed by atoms with van der Waals surface area (Å²) in [4.78, 5) is 42.7. The van der Waals surface area contributed by atoms with Gasteiger partial charge in [-0.1, -0.05) is 18.7 Å². The lowest BCUT2D eigenvalue weighted by molar-refractivity contribution is -0.118. The Hall–Kier alpha value is -2.61. The number of anilines is 1. The van der Waals surface area contributed by atoms with Crippen molar-refractivity contribution in [3.63, 3.8) is 0 Å². The fourth-order valence-corrected chi connectivity index (χ4v) is 3.32. The average molecular weight is 359 g/mol. The molecule has 2 N–H and O–H groups in total. The standard InChI is InChI=1S/C17H17N3O4S/c1-3-11-7-14(21)20-17(18-11)25-9(2)16(23)10-4-5-13-12(6-10)19-15(22)8-24-13/h4-7,9H,3,8H2,1-2H3,(H,19,22)(H,18,20,21). The molecule has 0 bridgehead atoms. The molecule has 130 valence electrons. The first-order chi connectivity index (χ1) is 12.0. The van der Waals surface area contributed by atoms with E-state index in [1.54, 1.807) is 25.1 Å². The molecule has 0 aliphatic carbocycles. The van der Waals surface area contributed by atoms with Gasteiger partial charge in [0.05, 0.1) is 10.9 Å². The number of H-pyrrole nitrogens is 1. The molecule has 1 atom stereocenters. The summed E-state index contributed by atoms with van der Waals surface area (Å²) < 4.78 is 5.29. The van der Waals surface area contributed by atoms with Crippen LogP contribution in [-0.2, 0) is 11.2 Å². The number of hydrogen-bond donors (Lipinski definition) is 2. The molecular weight excluding hydrogens is 342 g/mol. The van der Waals surface area contributed by atoms with E-state index in [1.807, 2.05) is 6.92 Å². The van der Waals surface area contributed by atoms with E-state index in [2.05, 4.69) is 15.3 Å². The maximum atomic E-state index is 12.7. The van der Waals surface area contributed by atoms with Crippen LogP contribution in [0, 0.1) is 0 Å². The Morgan fingerprint density at radius 3 is 2.92 bits per heavy atom. The van der Waals surface area contributed by atoms with Crippen molar-refractivity contribution in [1.82, 2.24) is 9.97 Å². The lowest BCUT2D eigenvalue weighted by atomic mass is 10.1. The maximum Gasteiger partial charge on any atom is 0.262 e. The number of aryl methyl sites for hydroxylation is 1. The van der Waals surface area contributed by atoms with Crippen molar-refractivity contribution in [3.8, 4) is 5.75 Å². The van der Waals surface area contributed by atoms with Crippen LogP contribution in [0.2, 0.25) is 0 Å². The summed E-state index contributed by atoms with van der Waals surface area (Å²) in [5, 5.41) is 2.65. The highest BCUT2D eigenvalue weighted by atomic mass is 32.2. The monoisotopic (exact) mass is 359 g/mol. The number of fused-ring (bicyclic) bond motifs is 1. The number of aromatic nitrogens is 2. The Balaban J connectivity index is 1.79. The number of carbonyl (C=O) groups excluding carboxylic acids is 2. The Bertz CT molecular complexity index is 894. The van der Waals surface area contributed by atoms with Gasteiger partial charge in [-0.25, -0.2) is 4.98 Å². The molecule has 0 spiro atoms. The molecule has 3 rings (SSSR count). The number of hydrogen-bond acceptors (Lipinski definition) is 6. The Morgan fingerprint density at radius 2 is 2.16 bits per heavy atom. The number of nitrogens with one attached hydrogen (secondary N) is 2. The van der Waals surface area contributed by atoms with E-state index in [1.165, 1.54) is 17.8 Å². The van der Waals surface area contributed by atoms with E-state index < -0.39 is 5.25 Å². The largest absolute Gasteiger partial charge is 0.482 e. The fourth-order valence-electron chi connectivity index (χ4n) is 2.41. The molecular formula is C17H17N3O4S. The predicted molar refractivity (Wildman–Crippen MR) is 94.5 cm³/mol. The van der Waals surface area contributed by atoms with E-state index in [0.29, 0.717) is 34.3 Å². The van der Waals surface area contributed by atoms with Crippen molar-refractivity contribution in [1.29, 1.82) is 0 Å². The maximum absolute atomic E-state index is 12.7. The van der Waals surface area contributed by atoms with E-state index in [9.17, 15) is 14.4 Å². The molecule has 8 heteroatoms. The van der Waals surface area contributed by atoms with E-state index in [-0.39, 0.29) is 23.9 Å². The Morgan fingerprint density at radius 1 is 1.36 bits per heavy atom.